The summed E-state index contributed by atoms with van der Waals surface area (Å²) in [4.78, 5) is 0. The molecule has 3 N–H and O–H groups in total. The van der Waals surface area contributed by atoms with E-state index in [0.29, 0.717) is 5.41 Å². The van der Waals surface area contributed by atoms with Crippen molar-refractivity contribution in [3.05, 3.63) is 29.8 Å². The first-order chi connectivity index (χ1) is 7.40. The van der Waals surface area contributed by atoms with Gasteiger partial charge < -0.3 is 11.1 Å². The van der Waals surface area contributed by atoms with E-state index >= 15 is 0 Å². The number of nitrogens with one attached hydrogen (secondary N) is 1. The van der Waals surface area contributed by atoms with E-state index in [1.165, 1.54) is 5.56 Å². The molecule has 90 valence electrons. The number of anilines is 1. The van der Waals surface area contributed by atoms with Crippen molar-refractivity contribution < 1.29 is 0 Å². The molecule has 0 heterocycles. The fourth-order valence-corrected chi connectivity index (χ4v) is 1.97. The highest BCUT2D eigenvalue weighted by molar-refractivity contribution is 5.43. The molecule has 0 saturated carbocycles. The number of benzene rings is 1. The third kappa shape index (κ3) is 4.67. The van der Waals surface area contributed by atoms with Gasteiger partial charge in [0.05, 0.1) is 0 Å². The predicted octanol–water partition coefficient (Wildman–Crippen LogP) is 3.03. The van der Waals surface area contributed by atoms with Gasteiger partial charge in [0.1, 0.15) is 0 Å². The molecule has 0 aromatic heterocycles. The first-order valence-electron chi connectivity index (χ1n) is 5.93. The second-order valence-electron chi connectivity index (χ2n) is 5.68. The molecule has 0 radical (unpaired) electrons. The predicted molar refractivity (Wildman–Crippen MR) is 71.7 cm³/mol. The molecule has 2 heteroatoms. The second-order valence-corrected chi connectivity index (χ2v) is 5.68. The minimum Gasteiger partial charge on any atom is -0.388 e. The van der Waals surface area contributed by atoms with Gasteiger partial charge in [-0.15, -0.1) is 0 Å². The lowest BCUT2D eigenvalue weighted by Crippen LogP contribution is -2.28. The van der Waals surface area contributed by atoms with Gasteiger partial charge in [-0.1, -0.05) is 32.9 Å². The maximum absolute atomic E-state index is 6.15. The molecular formula is C14H24N2. The van der Waals surface area contributed by atoms with Crippen LogP contribution in [0.25, 0.3) is 0 Å². The third-order valence-corrected chi connectivity index (χ3v) is 2.62. The van der Waals surface area contributed by atoms with Crippen molar-refractivity contribution >= 4 is 5.69 Å². The lowest BCUT2D eigenvalue weighted by molar-refractivity contribution is 0.338. The summed E-state index contributed by atoms with van der Waals surface area (Å²) in [5.41, 5.74) is 8.92. The Hall–Kier alpha value is -1.02. The standard InChI is InChI=1S/C14H24N2/c1-14(2,3)10-12(15)9-11-5-7-13(16-4)8-6-11/h5-8,12,16H,9-10,15H2,1-4H3. The van der Waals surface area contributed by atoms with Crippen LogP contribution >= 0.6 is 0 Å². The molecule has 0 saturated heterocycles. The molecule has 0 aliphatic rings. The third-order valence-electron chi connectivity index (χ3n) is 2.62. The monoisotopic (exact) mass is 220 g/mol. The zero-order chi connectivity index (χ0) is 12.2. The summed E-state index contributed by atoms with van der Waals surface area (Å²) in [5, 5.41) is 3.11. The molecule has 0 spiro atoms. The first kappa shape index (κ1) is 13.0. The molecule has 1 unspecified atom stereocenters. The highest BCUT2D eigenvalue weighted by Gasteiger charge is 2.15. The van der Waals surface area contributed by atoms with Crippen LogP contribution < -0.4 is 11.1 Å². The van der Waals surface area contributed by atoms with E-state index in [2.05, 4.69) is 50.4 Å². The molecule has 1 aromatic rings. The Morgan fingerprint density at radius 2 is 1.75 bits per heavy atom. The van der Waals surface area contributed by atoms with Gasteiger partial charge in [-0.25, -0.2) is 0 Å². The van der Waals surface area contributed by atoms with Crippen molar-refractivity contribution in [2.24, 2.45) is 11.1 Å². The van der Waals surface area contributed by atoms with Gasteiger partial charge in [-0.3, -0.25) is 0 Å². The van der Waals surface area contributed by atoms with Crippen molar-refractivity contribution in [2.75, 3.05) is 12.4 Å². The van der Waals surface area contributed by atoms with E-state index < -0.39 is 0 Å². The molecule has 0 amide bonds. The smallest absolute Gasteiger partial charge is 0.0337 e. The Morgan fingerprint density at radius 1 is 1.19 bits per heavy atom. The molecule has 2 nitrogen and oxygen atoms in total. The molecule has 1 atom stereocenters. The Labute approximate surface area is 99.2 Å². The van der Waals surface area contributed by atoms with Crippen molar-refractivity contribution in [2.45, 2.75) is 39.7 Å². The number of hydrogen-bond donors (Lipinski definition) is 2. The molecule has 0 fully saturated rings. The van der Waals surface area contributed by atoms with Gasteiger partial charge in [-0.05, 0) is 36.0 Å². The van der Waals surface area contributed by atoms with Gasteiger partial charge in [0.25, 0.3) is 0 Å². The quantitative estimate of drug-likeness (QED) is 0.818. The summed E-state index contributed by atoms with van der Waals surface area (Å²) in [6.07, 6.45) is 2.02. The zero-order valence-corrected chi connectivity index (χ0v) is 10.9. The molecule has 0 aliphatic heterocycles. The molecule has 16 heavy (non-hydrogen) atoms. The van der Waals surface area contributed by atoms with Crippen molar-refractivity contribution in [1.29, 1.82) is 0 Å². The van der Waals surface area contributed by atoms with Crippen LogP contribution in [0.5, 0.6) is 0 Å². The van der Waals surface area contributed by atoms with Crippen LogP contribution in [0.3, 0.4) is 0 Å². The topological polar surface area (TPSA) is 38.0 Å². The van der Waals surface area contributed by atoms with Gasteiger partial charge in [0, 0.05) is 18.8 Å². The zero-order valence-electron chi connectivity index (χ0n) is 10.9. The van der Waals surface area contributed by atoms with Crippen LogP contribution in [0.1, 0.15) is 32.8 Å². The first-order valence-corrected chi connectivity index (χ1v) is 5.93. The van der Waals surface area contributed by atoms with Crippen LogP contribution in [0.2, 0.25) is 0 Å². The Kier molecular flexibility index (Phi) is 4.36. The fraction of sp³-hybridized carbons (Fsp3) is 0.571. The summed E-state index contributed by atoms with van der Waals surface area (Å²) < 4.78 is 0. The highest BCUT2D eigenvalue weighted by atomic mass is 14.8. The van der Waals surface area contributed by atoms with Crippen LogP contribution in [0.4, 0.5) is 5.69 Å². The minimum absolute atomic E-state index is 0.250. The van der Waals surface area contributed by atoms with E-state index in [1.54, 1.807) is 0 Å². The lowest BCUT2D eigenvalue weighted by Gasteiger charge is -2.23. The Bertz CT molecular complexity index is 309. The lowest BCUT2D eigenvalue weighted by atomic mass is 9.86. The van der Waals surface area contributed by atoms with Gasteiger partial charge in [0.15, 0.2) is 0 Å². The SMILES string of the molecule is CNc1ccc(CC(N)CC(C)(C)C)cc1. The summed E-state index contributed by atoms with van der Waals surface area (Å²) in [6.45, 7) is 6.70. The molecule has 1 aromatic carbocycles. The number of hydrogen-bond acceptors (Lipinski definition) is 2. The van der Waals surface area contributed by atoms with Gasteiger partial charge >= 0.3 is 0 Å². The van der Waals surface area contributed by atoms with Gasteiger partial charge in [0.2, 0.25) is 0 Å². The highest BCUT2D eigenvalue weighted by Crippen LogP contribution is 2.21. The maximum Gasteiger partial charge on any atom is 0.0337 e. The molecule has 0 aliphatic carbocycles. The summed E-state index contributed by atoms with van der Waals surface area (Å²) >= 11 is 0. The average Bonchev–Trinajstić information content (AvgIpc) is 2.16. The average molecular weight is 220 g/mol. The summed E-state index contributed by atoms with van der Waals surface area (Å²) in [7, 11) is 1.93. The Balaban J connectivity index is 2.53. The summed E-state index contributed by atoms with van der Waals surface area (Å²) in [5.74, 6) is 0. The van der Waals surface area contributed by atoms with Crippen LogP contribution in [-0.2, 0) is 6.42 Å². The van der Waals surface area contributed by atoms with Crippen molar-refractivity contribution in [3.63, 3.8) is 0 Å². The van der Waals surface area contributed by atoms with E-state index in [0.717, 1.165) is 18.5 Å². The molecule has 1 rings (SSSR count). The summed E-state index contributed by atoms with van der Waals surface area (Å²) in [6, 6.07) is 8.74. The maximum atomic E-state index is 6.15. The largest absolute Gasteiger partial charge is 0.388 e. The van der Waals surface area contributed by atoms with E-state index in [4.69, 9.17) is 5.73 Å². The van der Waals surface area contributed by atoms with Crippen LogP contribution in [0.15, 0.2) is 24.3 Å². The van der Waals surface area contributed by atoms with E-state index in [-0.39, 0.29) is 6.04 Å². The second kappa shape index (κ2) is 5.35. The number of nitrogens with two attached hydrogens (primary N) is 1. The van der Waals surface area contributed by atoms with E-state index in [1.807, 2.05) is 7.05 Å². The number of rotatable bonds is 4. The fourth-order valence-electron chi connectivity index (χ4n) is 1.97. The Morgan fingerprint density at radius 3 is 2.19 bits per heavy atom. The molecule has 0 bridgehead atoms. The van der Waals surface area contributed by atoms with Crippen molar-refractivity contribution in [3.8, 4) is 0 Å². The van der Waals surface area contributed by atoms with Crippen molar-refractivity contribution in [1.82, 2.24) is 0 Å². The van der Waals surface area contributed by atoms with Crippen LogP contribution in [0, 0.1) is 5.41 Å². The minimum atomic E-state index is 0.250. The van der Waals surface area contributed by atoms with Crippen LogP contribution in [-0.4, -0.2) is 13.1 Å². The molecular weight excluding hydrogens is 196 g/mol. The van der Waals surface area contributed by atoms with E-state index in [9.17, 15) is 0 Å². The van der Waals surface area contributed by atoms with Gasteiger partial charge in [-0.2, -0.15) is 0 Å². The normalized spacial score (nSPS) is 13.6.